The lowest BCUT2D eigenvalue weighted by molar-refractivity contribution is -0.131. The van der Waals surface area contributed by atoms with E-state index in [-0.39, 0.29) is 5.82 Å². The highest BCUT2D eigenvalue weighted by atomic mass is 16.4. The minimum atomic E-state index is -1.10. The van der Waals surface area contributed by atoms with Gasteiger partial charge in [-0.05, 0) is 30.3 Å². The summed E-state index contributed by atoms with van der Waals surface area (Å²) in [6.07, 6.45) is 2.23. The molecule has 0 unspecified atom stereocenters. The summed E-state index contributed by atoms with van der Waals surface area (Å²) in [5.41, 5.74) is 1.01. The quantitative estimate of drug-likeness (QED) is 0.691. The Bertz CT molecular complexity index is 791. The number of anilines is 1. The van der Waals surface area contributed by atoms with Crippen molar-refractivity contribution in [3.05, 3.63) is 65.4 Å². The zero-order chi connectivity index (χ0) is 15.7. The molecule has 0 atom stereocenters. The van der Waals surface area contributed by atoms with Crippen molar-refractivity contribution in [2.24, 2.45) is 0 Å². The number of carboxylic acids is 1. The molecule has 0 bridgehead atoms. The molecule has 6 nitrogen and oxygen atoms in total. The van der Waals surface area contributed by atoms with E-state index in [4.69, 9.17) is 5.11 Å². The molecular formula is C16H10N2O4. The van der Waals surface area contributed by atoms with Crippen LogP contribution in [0.5, 0.6) is 0 Å². The third kappa shape index (κ3) is 2.26. The summed E-state index contributed by atoms with van der Waals surface area (Å²) in [6, 6.07) is 11.3. The van der Waals surface area contributed by atoms with Gasteiger partial charge in [-0.2, -0.15) is 0 Å². The van der Waals surface area contributed by atoms with E-state index in [9.17, 15) is 14.4 Å². The molecule has 0 saturated heterocycles. The lowest BCUT2D eigenvalue weighted by atomic mass is 10.1. The molecule has 0 saturated carbocycles. The number of fused-ring (bicyclic) bond motifs is 1. The third-order valence-electron chi connectivity index (χ3n) is 3.18. The molecule has 6 heteroatoms. The number of aliphatic carboxylic acids is 1. The predicted octanol–water partition coefficient (Wildman–Crippen LogP) is 1.98. The molecule has 0 radical (unpaired) electrons. The zero-order valence-corrected chi connectivity index (χ0v) is 11.3. The van der Waals surface area contributed by atoms with Gasteiger partial charge < -0.3 is 5.11 Å². The van der Waals surface area contributed by atoms with Crippen LogP contribution in [-0.4, -0.2) is 27.9 Å². The Morgan fingerprint density at radius 1 is 1.00 bits per heavy atom. The monoisotopic (exact) mass is 294 g/mol. The van der Waals surface area contributed by atoms with Crippen molar-refractivity contribution >= 4 is 29.7 Å². The second kappa shape index (κ2) is 5.25. The number of aromatic nitrogens is 1. The van der Waals surface area contributed by atoms with E-state index in [1.807, 2.05) is 0 Å². The van der Waals surface area contributed by atoms with Crippen LogP contribution in [0.3, 0.4) is 0 Å². The molecule has 0 fully saturated rings. The molecule has 0 aliphatic carbocycles. The first-order chi connectivity index (χ1) is 10.6. The van der Waals surface area contributed by atoms with Crippen LogP contribution < -0.4 is 4.90 Å². The number of nitrogens with zero attached hydrogens (tertiary/aromatic N) is 2. The molecule has 1 aromatic heterocycles. The van der Waals surface area contributed by atoms with Crippen molar-refractivity contribution in [2.45, 2.75) is 0 Å². The maximum absolute atomic E-state index is 12.3. The van der Waals surface area contributed by atoms with E-state index < -0.39 is 17.8 Å². The molecule has 1 aromatic carbocycles. The molecule has 2 heterocycles. The summed E-state index contributed by atoms with van der Waals surface area (Å²) in [5.74, 6) is -1.81. The van der Waals surface area contributed by atoms with Crippen molar-refractivity contribution in [1.29, 1.82) is 0 Å². The Labute approximate surface area is 125 Å². The SMILES string of the molecule is O=C(O)/C=C/c1cccc(N2C(=O)c3ccccc3C2=O)n1. The van der Waals surface area contributed by atoms with Crippen molar-refractivity contribution in [3.63, 3.8) is 0 Å². The highest BCUT2D eigenvalue weighted by Crippen LogP contribution is 2.27. The fraction of sp³-hybridized carbons (Fsp3) is 0. The molecule has 0 spiro atoms. The number of carbonyl (C=O) groups is 3. The topological polar surface area (TPSA) is 87.6 Å². The number of hydrogen-bond acceptors (Lipinski definition) is 4. The maximum atomic E-state index is 12.3. The second-order valence-electron chi connectivity index (χ2n) is 4.58. The summed E-state index contributed by atoms with van der Waals surface area (Å²) >= 11 is 0. The zero-order valence-electron chi connectivity index (χ0n) is 11.3. The molecule has 22 heavy (non-hydrogen) atoms. The Morgan fingerprint density at radius 3 is 2.23 bits per heavy atom. The molecule has 3 rings (SSSR count). The van der Waals surface area contributed by atoms with Crippen LogP contribution >= 0.6 is 0 Å². The van der Waals surface area contributed by atoms with E-state index in [0.717, 1.165) is 11.0 Å². The van der Waals surface area contributed by atoms with E-state index >= 15 is 0 Å². The van der Waals surface area contributed by atoms with Crippen LogP contribution in [0, 0.1) is 0 Å². The van der Waals surface area contributed by atoms with Crippen LogP contribution in [0.1, 0.15) is 26.4 Å². The number of benzene rings is 1. The normalized spacial score (nSPS) is 13.7. The van der Waals surface area contributed by atoms with Gasteiger partial charge in [0.25, 0.3) is 11.8 Å². The van der Waals surface area contributed by atoms with Gasteiger partial charge in [-0.1, -0.05) is 18.2 Å². The Morgan fingerprint density at radius 2 is 1.64 bits per heavy atom. The van der Waals surface area contributed by atoms with Crippen molar-refractivity contribution in [2.75, 3.05) is 4.90 Å². The van der Waals surface area contributed by atoms with Gasteiger partial charge in [0.05, 0.1) is 16.8 Å². The Kier molecular flexibility index (Phi) is 3.27. The molecule has 1 aliphatic rings. The number of carbonyl (C=O) groups excluding carboxylic acids is 2. The summed E-state index contributed by atoms with van der Waals surface area (Å²) in [4.78, 5) is 40.3. The fourth-order valence-corrected chi connectivity index (χ4v) is 2.21. The van der Waals surface area contributed by atoms with Crippen molar-refractivity contribution in [3.8, 4) is 0 Å². The number of imide groups is 1. The van der Waals surface area contributed by atoms with Gasteiger partial charge in [0.15, 0.2) is 0 Å². The lowest BCUT2D eigenvalue weighted by Gasteiger charge is -2.12. The first kappa shape index (κ1) is 13.7. The average molecular weight is 294 g/mol. The Balaban J connectivity index is 1.99. The molecule has 2 aromatic rings. The van der Waals surface area contributed by atoms with Gasteiger partial charge in [-0.3, -0.25) is 9.59 Å². The highest BCUT2D eigenvalue weighted by molar-refractivity contribution is 6.34. The minimum absolute atomic E-state index is 0.165. The van der Waals surface area contributed by atoms with E-state index in [1.165, 1.54) is 12.1 Å². The average Bonchev–Trinajstić information content (AvgIpc) is 2.78. The predicted molar refractivity (Wildman–Crippen MR) is 78.5 cm³/mol. The maximum Gasteiger partial charge on any atom is 0.328 e. The van der Waals surface area contributed by atoms with E-state index in [1.54, 1.807) is 36.4 Å². The first-order valence-electron chi connectivity index (χ1n) is 6.44. The smallest absolute Gasteiger partial charge is 0.328 e. The van der Waals surface area contributed by atoms with Gasteiger partial charge in [0, 0.05) is 6.08 Å². The van der Waals surface area contributed by atoms with E-state index in [2.05, 4.69) is 4.98 Å². The number of hydrogen-bond donors (Lipinski definition) is 1. The number of carboxylic acid groups (broad SMARTS) is 1. The van der Waals surface area contributed by atoms with Crippen LogP contribution in [0.2, 0.25) is 0 Å². The van der Waals surface area contributed by atoms with Gasteiger partial charge in [0.1, 0.15) is 5.82 Å². The summed E-state index contributed by atoms with van der Waals surface area (Å²) < 4.78 is 0. The van der Waals surface area contributed by atoms with Crippen LogP contribution in [0.15, 0.2) is 48.5 Å². The number of pyridine rings is 1. The Hall–Kier alpha value is -3.28. The van der Waals surface area contributed by atoms with Gasteiger partial charge in [-0.25, -0.2) is 14.7 Å². The lowest BCUT2D eigenvalue weighted by Crippen LogP contribution is -2.30. The molecular weight excluding hydrogens is 284 g/mol. The van der Waals surface area contributed by atoms with Gasteiger partial charge in [-0.15, -0.1) is 0 Å². The molecule has 1 N–H and O–H groups in total. The highest BCUT2D eigenvalue weighted by Gasteiger charge is 2.36. The second-order valence-corrected chi connectivity index (χ2v) is 4.58. The van der Waals surface area contributed by atoms with Gasteiger partial charge >= 0.3 is 5.97 Å². The molecule has 2 amide bonds. The largest absolute Gasteiger partial charge is 0.478 e. The van der Waals surface area contributed by atoms with Crippen LogP contribution in [0.25, 0.3) is 6.08 Å². The van der Waals surface area contributed by atoms with Crippen LogP contribution in [0.4, 0.5) is 5.82 Å². The summed E-state index contributed by atoms with van der Waals surface area (Å²) in [5, 5.41) is 8.62. The standard InChI is InChI=1S/C16H10N2O4/c19-14(20)9-8-10-4-3-7-13(17-10)18-15(21)11-5-1-2-6-12(11)16(18)22/h1-9H,(H,19,20)/b9-8+. The summed E-state index contributed by atoms with van der Waals surface area (Å²) in [6.45, 7) is 0. The van der Waals surface area contributed by atoms with Crippen molar-refractivity contribution in [1.82, 2.24) is 4.98 Å². The molecule has 108 valence electrons. The molecule has 1 aliphatic heterocycles. The van der Waals surface area contributed by atoms with Crippen molar-refractivity contribution < 1.29 is 19.5 Å². The third-order valence-corrected chi connectivity index (χ3v) is 3.18. The van der Waals surface area contributed by atoms with Gasteiger partial charge in [0.2, 0.25) is 0 Å². The first-order valence-corrected chi connectivity index (χ1v) is 6.44. The minimum Gasteiger partial charge on any atom is -0.478 e. The number of rotatable bonds is 3. The van der Waals surface area contributed by atoms with E-state index in [0.29, 0.717) is 16.8 Å². The van der Waals surface area contributed by atoms with Crippen LogP contribution in [-0.2, 0) is 4.79 Å². The summed E-state index contributed by atoms with van der Waals surface area (Å²) in [7, 11) is 0. The number of amides is 2. The fourth-order valence-electron chi connectivity index (χ4n) is 2.21.